The molecule has 0 radical (unpaired) electrons. The number of nitrogens with zero attached hydrogens (tertiary/aromatic N) is 2. The minimum Gasteiger partial charge on any atom is -0.309 e. The summed E-state index contributed by atoms with van der Waals surface area (Å²) in [7, 11) is 0. The molecule has 1 atom stereocenters. The molecule has 0 bridgehead atoms. The second kappa shape index (κ2) is 7.40. The van der Waals surface area contributed by atoms with Gasteiger partial charge in [-0.1, -0.05) is 39.5 Å². The number of H-pyrrole nitrogens is 1. The van der Waals surface area contributed by atoms with Gasteiger partial charge in [-0.15, -0.1) is 0 Å². The number of aromatic nitrogens is 3. The quantitative estimate of drug-likeness (QED) is 0.648. The van der Waals surface area contributed by atoms with E-state index in [4.69, 9.17) is 0 Å². The van der Waals surface area contributed by atoms with Crippen LogP contribution < -0.4 is 5.32 Å². The summed E-state index contributed by atoms with van der Waals surface area (Å²) in [6.07, 6.45) is 8.16. The fourth-order valence-electron chi connectivity index (χ4n) is 1.75. The third kappa shape index (κ3) is 4.42. The van der Waals surface area contributed by atoms with Crippen molar-refractivity contribution < 1.29 is 0 Å². The Morgan fingerprint density at radius 3 is 2.80 bits per heavy atom. The second-order valence-electron chi connectivity index (χ2n) is 3.85. The Balaban J connectivity index is 2.31. The Kier molecular flexibility index (Phi) is 6.00. The first-order valence-electron chi connectivity index (χ1n) is 5.97. The van der Waals surface area contributed by atoms with E-state index in [0.717, 1.165) is 18.7 Å². The van der Waals surface area contributed by atoms with Gasteiger partial charge < -0.3 is 5.32 Å². The largest absolute Gasteiger partial charge is 0.309 e. The Hall–Kier alpha value is -0.900. The SMILES string of the molecule is CCCCCCC(NCC)c1cn[nH]n1. The van der Waals surface area contributed by atoms with Gasteiger partial charge in [0, 0.05) is 0 Å². The fraction of sp³-hybridized carbons (Fsp3) is 0.818. The van der Waals surface area contributed by atoms with E-state index in [1.807, 2.05) is 6.20 Å². The molecule has 1 unspecified atom stereocenters. The van der Waals surface area contributed by atoms with Crippen molar-refractivity contribution in [3.05, 3.63) is 11.9 Å². The van der Waals surface area contributed by atoms with Gasteiger partial charge in [0.2, 0.25) is 0 Å². The van der Waals surface area contributed by atoms with Crippen molar-refractivity contribution in [1.29, 1.82) is 0 Å². The molecule has 1 aromatic rings. The molecule has 0 aliphatic carbocycles. The Morgan fingerprint density at radius 1 is 1.33 bits per heavy atom. The van der Waals surface area contributed by atoms with Gasteiger partial charge in [0.05, 0.1) is 17.9 Å². The van der Waals surface area contributed by atoms with Gasteiger partial charge in [-0.2, -0.15) is 15.4 Å². The van der Waals surface area contributed by atoms with E-state index in [9.17, 15) is 0 Å². The number of aromatic amines is 1. The molecular formula is C11H22N4. The molecule has 0 aliphatic heterocycles. The number of hydrogen-bond donors (Lipinski definition) is 2. The maximum atomic E-state index is 4.14. The fourth-order valence-corrected chi connectivity index (χ4v) is 1.75. The summed E-state index contributed by atoms with van der Waals surface area (Å²) in [4.78, 5) is 0. The molecule has 0 aliphatic rings. The van der Waals surface area contributed by atoms with Crippen LogP contribution in [0.5, 0.6) is 0 Å². The number of unbranched alkanes of at least 4 members (excludes halogenated alkanes) is 3. The molecule has 0 spiro atoms. The Morgan fingerprint density at radius 2 is 2.20 bits per heavy atom. The maximum absolute atomic E-state index is 4.14. The van der Waals surface area contributed by atoms with Gasteiger partial charge in [-0.05, 0) is 13.0 Å². The Bertz CT molecular complexity index is 233. The molecule has 15 heavy (non-hydrogen) atoms. The summed E-state index contributed by atoms with van der Waals surface area (Å²) in [5.41, 5.74) is 1.04. The third-order valence-corrected chi connectivity index (χ3v) is 2.59. The van der Waals surface area contributed by atoms with Crippen LogP contribution in [-0.2, 0) is 0 Å². The second-order valence-corrected chi connectivity index (χ2v) is 3.85. The molecule has 1 aromatic heterocycles. The molecule has 0 saturated carbocycles. The van der Waals surface area contributed by atoms with Crippen LogP contribution >= 0.6 is 0 Å². The van der Waals surface area contributed by atoms with Crippen LogP contribution in [-0.4, -0.2) is 22.0 Å². The van der Waals surface area contributed by atoms with Crippen molar-refractivity contribution in [3.63, 3.8) is 0 Å². The third-order valence-electron chi connectivity index (χ3n) is 2.59. The zero-order chi connectivity index (χ0) is 10.9. The van der Waals surface area contributed by atoms with E-state index in [1.54, 1.807) is 0 Å². The molecule has 4 nitrogen and oxygen atoms in total. The van der Waals surface area contributed by atoms with Gasteiger partial charge in [0.1, 0.15) is 0 Å². The van der Waals surface area contributed by atoms with Crippen molar-refractivity contribution in [2.75, 3.05) is 6.54 Å². The maximum Gasteiger partial charge on any atom is 0.0993 e. The number of rotatable bonds is 8. The van der Waals surface area contributed by atoms with Gasteiger partial charge in [-0.25, -0.2) is 0 Å². The highest BCUT2D eigenvalue weighted by atomic mass is 15.3. The highest BCUT2D eigenvalue weighted by Gasteiger charge is 2.11. The molecule has 2 N–H and O–H groups in total. The summed E-state index contributed by atoms with van der Waals surface area (Å²) < 4.78 is 0. The normalized spacial score (nSPS) is 12.9. The molecule has 0 amide bonds. The zero-order valence-corrected chi connectivity index (χ0v) is 9.79. The lowest BCUT2D eigenvalue weighted by Crippen LogP contribution is -2.21. The van der Waals surface area contributed by atoms with Crippen LogP contribution in [0, 0.1) is 0 Å². The van der Waals surface area contributed by atoms with E-state index in [0.29, 0.717) is 6.04 Å². The van der Waals surface area contributed by atoms with Gasteiger partial charge >= 0.3 is 0 Å². The van der Waals surface area contributed by atoms with Crippen LogP contribution in [0.1, 0.15) is 57.7 Å². The van der Waals surface area contributed by atoms with Crippen LogP contribution in [0.3, 0.4) is 0 Å². The van der Waals surface area contributed by atoms with Gasteiger partial charge in [0.15, 0.2) is 0 Å². The van der Waals surface area contributed by atoms with Crippen molar-refractivity contribution >= 4 is 0 Å². The molecule has 1 heterocycles. The highest BCUT2D eigenvalue weighted by Crippen LogP contribution is 2.17. The van der Waals surface area contributed by atoms with E-state index in [-0.39, 0.29) is 0 Å². The van der Waals surface area contributed by atoms with Crippen LogP contribution in [0.4, 0.5) is 0 Å². The molecule has 4 heteroatoms. The minimum absolute atomic E-state index is 0.366. The van der Waals surface area contributed by atoms with Crippen LogP contribution in [0.25, 0.3) is 0 Å². The standard InChI is InChI=1S/C11H22N4/c1-3-5-6-7-8-10(12-4-2)11-9-13-15-14-11/h9-10,12H,3-8H2,1-2H3,(H,13,14,15). The predicted octanol–water partition coefficient (Wildman–Crippen LogP) is 2.43. The lowest BCUT2D eigenvalue weighted by Gasteiger charge is -2.14. The topological polar surface area (TPSA) is 53.6 Å². The number of nitrogens with one attached hydrogen (secondary N) is 2. The molecular weight excluding hydrogens is 188 g/mol. The summed E-state index contributed by atoms with van der Waals surface area (Å²) >= 11 is 0. The van der Waals surface area contributed by atoms with Crippen LogP contribution in [0.2, 0.25) is 0 Å². The molecule has 86 valence electrons. The van der Waals surface area contributed by atoms with Crippen LogP contribution in [0.15, 0.2) is 6.20 Å². The van der Waals surface area contributed by atoms with Gasteiger partial charge in [-0.3, -0.25) is 0 Å². The molecule has 1 rings (SSSR count). The van der Waals surface area contributed by atoms with E-state index in [2.05, 4.69) is 34.6 Å². The molecule has 0 fully saturated rings. The van der Waals surface area contributed by atoms with E-state index >= 15 is 0 Å². The monoisotopic (exact) mass is 210 g/mol. The first-order chi connectivity index (χ1) is 7.38. The average molecular weight is 210 g/mol. The smallest absolute Gasteiger partial charge is 0.0993 e. The number of hydrogen-bond acceptors (Lipinski definition) is 3. The zero-order valence-electron chi connectivity index (χ0n) is 9.79. The lowest BCUT2D eigenvalue weighted by molar-refractivity contribution is 0.472. The molecule has 0 aromatic carbocycles. The van der Waals surface area contributed by atoms with Crippen molar-refractivity contribution in [2.45, 2.75) is 52.0 Å². The molecule has 0 saturated heterocycles. The first-order valence-corrected chi connectivity index (χ1v) is 5.97. The average Bonchev–Trinajstić information content (AvgIpc) is 2.76. The van der Waals surface area contributed by atoms with Crippen molar-refractivity contribution in [1.82, 2.24) is 20.7 Å². The van der Waals surface area contributed by atoms with Crippen molar-refractivity contribution in [2.24, 2.45) is 0 Å². The minimum atomic E-state index is 0.366. The lowest BCUT2D eigenvalue weighted by atomic mass is 10.1. The van der Waals surface area contributed by atoms with Gasteiger partial charge in [0.25, 0.3) is 0 Å². The summed E-state index contributed by atoms with van der Waals surface area (Å²) in [6, 6.07) is 0.366. The van der Waals surface area contributed by atoms with E-state index < -0.39 is 0 Å². The highest BCUT2D eigenvalue weighted by molar-refractivity contribution is 4.99. The van der Waals surface area contributed by atoms with E-state index in [1.165, 1.54) is 25.7 Å². The summed E-state index contributed by atoms with van der Waals surface area (Å²) in [6.45, 7) is 5.34. The van der Waals surface area contributed by atoms with Crippen molar-refractivity contribution in [3.8, 4) is 0 Å². The predicted molar refractivity (Wildman–Crippen MR) is 61.6 cm³/mol. The summed E-state index contributed by atoms with van der Waals surface area (Å²) in [5, 5.41) is 14.1. The first kappa shape index (κ1) is 12.2. The Labute approximate surface area is 91.9 Å². The summed E-state index contributed by atoms with van der Waals surface area (Å²) in [5.74, 6) is 0.